The van der Waals surface area contributed by atoms with Crippen LogP contribution in [0.25, 0.3) is 0 Å². The van der Waals surface area contributed by atoms with Crippen LogP contribution in [0.15, 0.2) is 29.3 Å². The normalized spacial score (nSPS) is 14.9. The maximum atomic E-state index is 7.85. The third-order valence-corrected chi connectivity index (χ3v) is 3.38. The largest absolute Gasteiger partial charge is 0.489 e. The Morgan fingerprint density at radius 1 is 1.18 bits per heavy atom. The molecule has 7 nitrogen and oxygen atoms in total. The second kappa shape index (κ2) is 7.02. The second-order valence-corrected chi connectivity index (χ2v) is 5.47. The Morgan fingerprint density at radius 3 is 2.41 bits per heavy atom. The molecule has 1 fully saturated rings. The van der Waals surface area contributed by atoms with Crippen molar-refractivity contribution in [2.45, 2.75) is 20.0 Å². The minimum atomic E-state index is -0.0805. The lowest BCUT2D eigenvalue weighted by Crippen LogP contribution is -2.48. The fourth-order valence-electron chi connectivity index (χ4n) is 2.42. The van der Waals surface area contributed by atoms with Gasteiger partial charge in [-0.05, 0) is 26.0 Å². The molecule has 1 aromatic carbocycles. The van der Waals surface area contributed by atoms with Gasteiger partial charge in [-0.15, -0.1) is 0 Å². The van der Waals surface area contributed by atoms with Crippen molar-refractivity contribution in [1.82, 2.24) is 4.90 Å². The van der Waals surface area contributed by atoms with Gasteiger partial charge < -0.3 is 26.0 Å². The van der Waals surface area contributed by atoms with E-state index in [-0.39, 0.29) is 18.0 Å². The lowest BCUT2D eigenvalue weighted by Gasteiger charge is -2.37. The van der Waals surface area contributed by atoms with E-state index < -0.39 is 0 Å². The number of nitrogens with two attached hydrogens (primary N) is 2. The number of nitrogens with zero attached hydrogens (tertiary/aromatic N) is 3. The van der Waals surface area contributed by atoms with Gasteiger partial charge in [-0.2, -0.15) is 4.99 Å². The van der Waals surface area contributed by atoms with Gasteiger partial charge in [0.25, 0.3) is 0 Å². The predicted molar refractivity (Wildman–Crippen MR) is 89.5 cm³/mol. The van der Waals surface area contributed by atoms with Crippen molar-refractivity contribution in [3.8, 4) is 5.75 Å². The van der Waals surface area contributed by atoms with Crippen LogP contribution in [-0.2, 0) is 0 Å². The second-order valence-electron chi connectivity index (χ2n) is 5.47. The van der Waals surface area contributed by atoms with E-state index in [0.717, 1.165) is 24.5 Å². The van der Waals surface area contributed by atoms with E-state index in [2.05, 4.69) is 16.0 Å². The smallest absolute Gasteiger partial charge is 0.221 e. The van der Waals surface area contributed by atoms with Gasteiger partial charge in [0, 0.05) is 26.2 Å². The van der Waals surface area contributed by atoms with Gasteiger partial charge in [-0.3, -0.25) is 5.41 Å². The molecule has 1 heterocycles. The van der Waals surface area contributed by atoms with E-state index in [9.17, 15) is 0 Å². The average molecular weight is 304 g/mol. The topological polar surface area (TPSA) is 104 Å². The highest BCUT2D eigenvalue weighted by molar-refractivity contribution is 5.91. The molecule has 1 aliphatic heterocycles. The summed E-state index contributed by atoms with van der Waals surface area (Å²) >= 11 is 0. The van der Waals surface area contributed by atoms with Gasteiger partial charge in [0.05, 0.1) is 11.8 Å². The highest BCUT2D eigenvalue weighted by Crippen LogP contribution is 2.29. The number of aliphatic imine (C=N–C) groups is 1. The number of benzene rings is 1. The summed E-state index contributed by atoms with van der Waals surface area (Å²) in [6, 6.07) is 8.04. The number of rotatable bonds is 3. The van der Waals surface area contributed by atoms with Crippen molar-refractivity contribution in [3.63, 3.8) is 0 Å². The van der Waals surface area contributed by atoms with E-state index in [1.165, 1.54) is 0 Å². The molecule has 0 atom stereocenters. The number of guanidine groups is 2. The molecule has 0 aromatic heterocycles. The maximum Gasteiger partial charge on any atom is 0.221 e. The van der Waals surface area contributed by atoms with Crippen molar-refractivity contribution in [2.75, 3.05) is 31.1 Å². The van der Waals surface area contributed by atoms with Gasteiger partial charge in [0.2, 0.25) is 5.96 Å². The molecule has 22 heavy (non-hydrogen) atoms. The van der Waals surface area contributed by atoms with Crippen LogP contribution in [0.4, 0.5) is 5.69 Å². The Bertz CT molecular complexity index is 545. The highest BCUT2D eigenvalue weighted by Gasteiger charge is 2.21. The van der Waals surface area contributed by atoms with E-state index in [1.807, 2.05) is 36.9 Å². The fraction of sp³-hybridized carbons (Fsp3) is 0.467. The lowest BCUT2D eigenvalue weighted by atomic mass is 10.2. The van der Waals surface area contributed by atoms with Gasteiger partial charge in [-0.1, -0.05) is 12.1 Å². The van der Waals surface area contributed by atoms with E-state index in [0.29, 0.717) is 13.1 Å². The van der Waals surface area contributed by atoms with Crippen molar-refractivity contribution in [3.05, 3.63) is 24.3 Å². The summed E-state index contributed by atoms with van der Waals surface area (Å²) in [6.07, 6.45) is 0.137. The minimum Gasteiger partial charge on any atom is -0.489 e. The monoisotopic (exact) mass is 304 g/mol. The first-order valence-corrected chi connectivity index (χ1v) is 7.41. The molecule has 0 saturated carbocycles. The van der Waals surface area contributed by atoms with Crippen LogP contribution in [0.2, 0.25) is 0 Å². The lowest BCUT2D eigenvalue weighted by molar-refractivity contribution is 0.242. The zero-order valence-electron chi connectivity index (χ0n) is 13.1. The highest BCUT2D eigenvalue weighted by atomic mass is 16.5. The van der Waals surface area contributed by atoms with Crippen molar-refractivity contribution >= 4 is 17.6 Å². The molecule has 0 spiro atoms. The van der Waals surface area contributed by atoms with Crippen LogP contribution in [-0.4, -0.2) is 49.1 Å². The summed E-state index contributed by atoms with van der Waals surface area (Å²) in [5.74, 6) is 0.930. The Hall–Kier alpha value is -2.44. The Morgan fingerprint density at radius 2 is 1.82 bits per heavy atom. The van der Waals surface area contributed by atoms with Gasteiger partial charge in [-0.25, -0.2) is 0 Å². The van der Waals surface area contributed by atoms with Gasteiger partial charge in [0.1, 0.15) is 5.75 Å². The molecular weight excluding hydrogens is 280 g/mol. The Labute approximate surface area is 131 Å². The molecule has 5 N–H and O–H groups in total. The molecule has 1 aromatic rings. The third kappa shape index (κ3) is 4.03. The van der Waals surface area contributed by atoms with Crippen molar-refractivity contribution in [2.24, 2.45) is 16.5 Å². The zero-order chi connectivity index (χ0) is 16.1. The minimum absolute atomic E-state index is 0.0805. The first-order valence-electron chi connectivity index (χ1n) is 7.41. The van der Waals surface area contributed by atoms with Crippen LogP contribution in [0, 0.1) is 5.41 Å². The summed E-state index contributed by atoms with van der Waals surface area (Å²) in [5, 5.41) is 7.85. The number of para-hydroxylation sites is 2. The quantitative estimate of drug-likeness (QED) is 0.566. The van der Waals surface area contributed by atoms with Crippen LogP contribution in [0.5, 0.6) is 5.75 Å². The van der Waals surface area contributed by atoms with E-state index in [4.69, 9.17) is 21.6 Å². The molecule has 0 amide bonds. The van der Waals surface area contributed by atoms with Gasteiger partial charge >= 0.3 is 0 Å². The van der Waals surface area contributed by atoms with Crippen LogP contribution < -0.4 is 21.1 Å². The molecule has 0 bridgehead atoms. The number of anilines is 1. The maximum absolute atomic E-state index is 7.85. The number of nitrogens with one attached hydrogen (secondary N) is 1. The number of piperazine rings is 1. The third-order valence-electron chi connectivity index (χ3n) is 3.38. The summed E-state index contributed by atoms with van der Waals surface area (Å²) in [4.78, 5) is 7.92. The molecule has 0 radical (unpaired) electrons. The molecule has 1 aliphatic rings. The summed E-state index contributed by atoms with van der Waals surface area (Å²) < 4.78 is 5.87. The predicted octanol–water partition coefficient (Wildman–Crippen LogP) is 0.804. The number of hydrogen-bond donors (Lipinski definition) is 3. The molecule has 1 saturated heterocycles. The van der Waals surface area contributed by atoms with Crippen LogP contribution in [0.3, 0.4) is 0 Å². The fourth-order valence-corrected chi connectivity index (χ4v) is 2.42. The first kappa shape index (κ1) is 15.9. The molecule has 2 rings (SSSR count). The molecule has 0 aliphatic carbocycles. The van der Waals surface area contributed by atoms with Crippen LogP contribution in [0.1, 0.15) is 13.8 Å². The molecule has 7 heteroatoms. The van der Waals surface area contributed by atoms with Crippen LogP contribution >= 0.6 is 0 Å². The van der Waals surface area contributed by atoms with E-state index >= 15 is 0 Å². The standard InChI is InChI=1S/C15H24N6O/c1-11(2)22-13-6-4-3-5-12(13)20-7-9-21(10-8-20)15(18)19-14(16)17/h3-6,11H,7-10H2,1-2H3,(H5,16,17,18,19). The Balaban J connectivity index is 2.03. The summed E-state index contributed by atoms with van der Waals surface area (Å²) in [7, 11) is 0. The SMILES string of the molecule is CC(C)Oc1ccccc1N1CCN(C(=N)N=C(N)N)CC1. The molecular formula is C15H24N6O. The van der Waals surface area contributed by atoms with E-state index in [1.54, 1.807) is 0 Å². The summed E-state index contributed by atoms with van der Waals surface area (Å²) in [5.41, 5.74) is 11.7. The summed E-state index contributed by atoms with van der Waals surface area (Å²) in [6.45, 7) is 7.02. The van der Waals surface area contributed by atoms with Crippen molar-refractivity contribution in [1.29, 1.82) is 5.41 Å². The first-order chi connectivity index (χ1) is 10.5. The number of hydrogen-bond acceptors (Lipinski definition) is 3. The zero-order valence-corrected chi connectivity index (χ0v) is 13.1. The van der Waals surface area contributed by atoms with Crippen molar-refractivity contribution < 1.29 is 4.74 Å². The molecule has 120 valence electrons. The number of ether oxygens (including phenoxy) is 1. The molecule has 0 unspecified atom stereocenters. The van der Waals surface area contributed by atoms with Gasteiger partial charge in [0.15, 0.2) is 5.96 Å². The Kier molecular flexibility index (Phi) is 5.08. The average Bonchev–Trinajstić information content (AvgIpc) is 2.47.